The summed E-state index contributed by atoms with van der Waals surface area (Å²) in [7, 11) is 0. The van der Waals surface area contributed by atoms with Gasteiger partial charge in [-0.2, -0.15) is 0 Å². The fourth-order valence-corrected chi connectivity index (χ4v) is 0.478. The molecule has 0 spiro atoms. The molecule has 0 heterocycles. The fourth-order valence-electron chi connectivity index (χ4n) is 0.478. The highest BCUT2D eigenvalue weighted by Crippen LogP contribution is 2.02. The van der Waals surface area contributed by atoms with E-state index in [1.54, 1.807) is 0 Å². The Morgan fingerprint density at radius 3 is 2.00 bits per heavy atom. The van der Waals surface area contributed by atoms with Crippen LogP contribution in [-0.4, -0.2) is 0 Å². The zero-order chi connectivity index (χ0) is 7.98. The summed E-state index contributed by atoms with van der Waals surface area (Å²) in [5.41, 5.74) is 2.72. The molecule has 0 rings (SSSR count). The molecule has 0 aliphatic carbocycles. The number of hydrogen-bond donors (Lipinski definition) is 0. The Kier molecular flexibility index (Phi) is 4.65. The van der Waals surface area contributed by atoms with Crippen molar-refractivity contribution in [2.24, 2.45) is 0 Å². The molecule has 0 N–H and O–H groups in total. The summed E-state index contributed by atoms with van der Waals surface area (Å²) < 4.78 is 0. The molecule has 0 nitrogen and oxygen atoms in total. The lowest BCUT2D eigenvalue weighted by Crippen LogP contribution is -1.71. The van der Waals surface area contributed by atoms with Gasteiger partial charge in [0, 0.05) is 0 Å². The summed E-state index contributed by atoms with van der Waals surface area (Å²) in [6.45, 7) is 8.38. The zero-order valence-electron chi connectivity index (χ0n) is 7.31. The Morgan fingerprint density at radius 1 is 1.00 bits per heavy atom. The molecule has 0 aromatic heterocycles. The van der Waals surface area contributed by atoms with Crippen LogP contribution >= 0.6 is 0 Å². The summed E-state index contributed by atoms with van der Waals surface area (Å²) in [5, 5.41) is 0. The molecule has 0 aromatic carbocycles. The number of rotatable bonds is 2. The molecular weight excluding hydrogens is 120 g/mol. The molecule has 0 saturated carbocycles. The summed E-state index contributed by atoms with van der Waals surface area (Å²) in [6, 6.07) is 0. The summed E-state index contributed by atoms with van der Waals surface area (Å²) in [5.74, 6) is 0. The van der Waals surface area contributed by atoms with Gasteiger partial charge in [0.25, 0.3) is 0 Å². The highest BCUT2D eigenvalue weighted by molar-refractivity contribution is 5.23. The third-order valence-electron chi connectivity index (χ3n) is 1.44. The highest BCUT2D eigenvalue weighted by Gasteiger charge is 1.81. The van der Waals surface area contributed by atoms with Crippen LogP contribution in [0.4, 0.5) is 0 Å². The molecule has 0 aromatic rings. The maximum Gasteiger partial charge on any atom is -0.0398 e. The molecule has 0 unspecified atom stereocenters. The van der Waals surface area contributed by atoms with Gasteiger partial charge in [0.2, 0.25) is 0 Å². The van der Waals surface area contributed by atoms with Crippen molar-refractivity contribution in [3.63, 3.8) is 0 Å². The smallest absolute Gasteiger partial charge is 0.0398 e. The van der Waals surface area contributed by atoms with Gasteiger partial charge in [0.05, 0.1) is 0 Å². The van der Waals surface area contributed by atoms with Gasteiger partial charge in [-0.1, -0.05) is 35.5 Å². The van der Waals surface area contributed by atoms with Gasteiger partial charge in [-0.15, -0.1) is 0 Å². The van der Waals surface area contributed by atoms with E-state index in [2.05, 4.69) is 32.9 Å². The first kappa shape index (κ1) is 9.22. The van der Waals surface area contributed by atoms with Crippen LogP contribution in [0.5, 0.6) is 0 Å². The molecule has 0 atom stereocenters. The number of hydrogen-bond acceptors (Lipinski definition) is 0. The van der Waals surface area contributed by atoms with Gasteiger partial charge in [0.1, 0.15) is 0 Å². The van der Waals surface area contributed by atoms with Gasteiger partial charge in [-0.25, -0.2) is 0 Å². The van der Waals surface area contributed by atoms with Crippen molar-refractivity contribution < 1.29 is 0 Å². The normalized spacial score (nSPS) is 11.2. The molecule has 0 heteroatoms. The van der Waals surface area contributed by atoms with Crippen molar-refractivity contribution in [2.75, 3.05) is 0 Å². The maximum absolute atomic E-state index is 2.12. The first-order valence-electron chi connectivity index (χ1n) is 3.62. The molecule has 0 saturated heterocycles. The summed E-state index contributed by atoms with van der Waals surface area (Å²) >= 11 is 0. The lowest BCUT2D eigenvalue weighted by molar-refractivity contribution is 1.29. The maximum atomic E-state index is 2.12. The van der Waals surface area contributed by atoms with Crippen LogP contribution in [0, 0.1) is 0 Å². The summed E-state index contributed by atoms with van der Waals surface area (Å²) in [6.07, 6.45) is 8.24. The van der Waals surface area contributed by atoms with Crippen molar-refractivity contribution in [1.82, 2.24) is 0 Å². The van der Waals surface area contributed by atoms with Crippen molar-refractivity contribution in [3.8, 4) is 0 Å². The standard InChI is InChI=1S/C10H16/c1-5-6-7-8-10(4)9(2)3/h5-8H,1-4H3. The topological polar surface area (TPSA) is 0 Å². The molecule has 0 amide bonds. The second-order valence-corrected chi connectivity index (χ2v) is 2.57. The van der Waals surface area contributed by atoms with E-state index < -0.39 is 0 Å². The van der Waals surface area contributed by atoms with E-state index in [1.807, 2.05) is 19.1 Å². The quantitative estimate of drug-likeness (QED) is 0.510. The molecule has 10 heavy (non-hydrogen) atoms. The first-order chi connectivity index (χ1) is 4.68. The van der Waals surface area contributed by atoms with Crippen LogP contribution in [0.1, 0.15) is 27.7 Å². The van der Waals surface area contributed by atoms with E-state index in [0.717, 1.165) is 0 Å². The average molecular weight is 136 g/mol. The van der Waals surface area contributed by atoms with E-state index in [-0.39, 0.29) is 0 Å². The average Bonchev–Trinajstić information content (AvgIpc) is 1.88. The minimum atomic E-state index is 1.35. The SMILES string of the molecule is CC=CC=CC(C)=C(C)C. The Labute approximate surface area is 64.0 Å². The van der Waals surface area contributed by atoms with Crippen molar-refractivity contribution in [3.05, 3.63) is 35.5 Å². The Morgan fingerprint density at radius 2 is 1.60 bits per heavy atom. The Bertz CT molecular complexity index is 164. The zero-order valence-corrected chi connectivity index (χ0v) is 7.31. The molecule has 0 bridgehead atoms. The van der Waals surface area contributed by atoms with Crippen LogP contribution in [0.15, 0.2) is 35.5 Å². The third kappa shape index (κ3) is 4.13. The van der Waals surface area contributed by atoms with E-state index in [4.69, 9.17) is 0 Å². The van der Waals surface area contributed by atoms with Crippen LogP contribution in [0.3, 0.4) is 0 Å². The van der Waals surface area contributed by atoms with Crippen molar-refractivity contribution >= 4 is 0 Å². The molecule has 56 valence electrons. The number of allylic oxidation sites excluding steroid dienone is 6. The second kappa shape index (κ2) is 5.04. The van der Waals surface area contributed by atoms with Crippen LogP contribution < -0.4 is 0 Å². The molecule has 0 radical (unpaired) electrons. The lowest BCUT2D eigenvalue weighted by Gasteiger charge is -1.92. The Hall–Kier alpha value is -0.780. The van der Waals surface area contributed by atoms with Crippen molar-refractivity contribution in [1.29, 1.82) is 0 Å². The Balaban J connectivity index is 4.03. The molecule has 0 aliphatic rings. The van der Waals surface area contributed by atoms with E-state index >= 15 is 0 Å². The second-order valence-electron chi connectivity index (χ2n) is 2.57. The van der Waals surface area contributed by atoms with E-state index in [9.17, 15) is 0 Å². The van der Waals surface area contributed by atoms with E-state index in [1.165, 1.54) is 11.1 Å². The van der Waals surface area contributed by atoms with Crippen LogP contribution in [0.2, 0.25) is 0 Å². The fraction of sp³-hybridized carbons (Fsp3) is 0.400. The van der Waals surface area contributed by atoms with Gasteiger partial charge in [0.15, 0.2) is 0 Å². The van der Waals surface area contributed by atoms with Crippen LogP contribution in [0.25, 0.3) is 0 Å². The van der Waals surface area contributed by atoms with Crippen molar-refractivity contribution in [2.45, 2.75) is 27.7 Å². The minimum absolute atomic E-state index is 1.35. The molecule has 0 fully saturated rings. The predicted molar refractivity (Wildman–Crippen MR) is 48.0 cm³/mol. The van der Waals surface area contributed by atoms with E-state index in [0.29, 0.717) is 0 Å². The van der Waals surface area contributed by atoms with Gasteiger partial charge in [-0.3, -0.25) is 0 Å². The summed E-state index contributed by atoms with van der Waals surface area (Å²) in [4.78, 5) is 0. The first-order valence-corrected chi connectivity index (χ1v) is 3.62. The van der Waals surface area contributed by atoms with Gasteiger partial charge in [-0.05, 0) is 27.7 Å². The minimum Gasteiger partial charge on any atom is -0.0877 e. The highest BCUT2D eigenvalue weighted by atomic mass is 13.9. The predicted octanol–water partition coefficient (Wildman–Crippen LogP) is 3.48. The largest absolute Gasteiger partial charge is 0.0877 e. The van der Waals surface area contributed by atoms with Gasteiger partial charge >= 0.3 is 0 Å². The monoisotopic (exact) mass is 136 g/mol. The lowest BCUT2D eigenvalue weighted by atomic mass is 10.1. The molecular formula is C10H16. The van der Waals surface area contributed by atoms with Crippen LogP contribution in [-0.2, 0) is 0 Å². The molecule has 0 aliphatic heterocycles. The third-order valence-corrected chi connectivity index (χ3v) is 1.44. The van der Waals surface area contributed by atoms with Gasteiger partial charge < -0.3 is 0 Å².